The fraction of sp³-hybridized carbons (Fsp3) is 0.345. The summed E-state index contributed by atoms with van der Waals surface area (Å²) in [5.41, 5.74) is 12.6. The van der Waals surface area contributed by atoms with Gasteiger partial charge in [-0.15, -0.1) is 0 Å². The second-order valence-corrected chi connectivity index (χ2v) is 9.90. The van der Waals surface area contributed by atoms with Crippen molar-refractivity contribution in [1.29, 1.82) is 0 Å². The van der Waals surface area contributed by atoms with Crippen molar-refractivity contribution in [3.8, 4) is 28.0 Å². The number of ether oxygens (including phenoxy) is 1. The first-order chi connectivity index (χ1) is 16.3. The van der Waals surface area contributed by atoms with Gasteiger partial charge in [0.1, 0.15) is 12.4 Å². The Morgan fingerprint density at radius 1 is 0.941 bits per heavy atom. The highest BCUT2D eigenvalue weighted by atomic mass is 16.5. The standard InChI is InChI=1S/C29H34N2O3/c1-29(2,3)25-19-23(10-12-26(25)31-14-4-5-15-31)24-18-22(11-13-27(24)34-17-16-32)20-6-8-21(9-7-20)28(30)33/h6-13,18-19,32H,4-5,14-17H2,1-3H3,(H2,30,33). The number of nitrogens with two attached hydrogens (primary N) is 1. The fourth-order valence-corrected chi connectivity index (χ4v) is 4.58. The average molecular weight is 459 g/mol. The summed E-state index contributed by atoms with van der Waals surface area (Å²) in [6.07, 6.45) is 2.47. The molecular weight excluding hydrogens is 424 g/mol. The van der Waals surface area contributed by atoms with Gasteiger partial charge in [0.15, 0.2) is 0 Å². The van der Waals surface area contributed by atoms with Crippen molar-refractivity contribution in [3.63, 3.8) is 0 Å². The molecule has 34 heavy (non-hydrogen) atoms. The second kappa shape index (κ2) is 9.90. The van der Waals surface area contributed by atoms with Gasteiger partial charge in [-0.25, -0.2) is 0 Å². The van der Waals surface area contributed by atoms with E-state index < -0.39 is 5.91 Å². The Bertz CT molecular complexity index is 1160. The largest absolute Gasteiger partial charge is 0.491 e. The quantitative estimate of drug-likeness (QED) is 0.498. The Balaban J connectivity index is 1.80. The second-order valence-electron chi connectivity index (χ2n) is 9.90. The molecule has 3 N–H and O–H groups in total. The van der Waals surface area contributed by atoms with Gasteiger partial charge in [-0.05, 0) is 76.9 Å². The first-order valence-electron chi connectivity index (χ1n) is 12.0. The molecule has 1 heterocycles. The van der Waals surface area contributed by atoms with E-state index in [4.69, 9.17) is 10.5 Å². The molecule has 0 spiro atoms. The van der Waals surface area contributed by atoms with Crippen molar-refractivity contribution in [1.82, 2.24) is 0 Å². The van der Waals surface area contributed by atoms with Crippen molar-refractivity contribution < 1.29 is 14.6 Å². The smallest absolute Gasteiger partial charge is 0.248 e. The maximum Gasteiger partial charge on any atom is 0.248 e. The lowest BCUT2D eigenvalue weighted by atomic mass is 9.83. The summed E-state index contributed by atoms with van der Waals surface area (Å²) in [4.78, 5) is 13.9. The molecule has 1 saturated heterocycles. The molecule has 0 aliphatic carbocycles. The number of aliphatic hydroxyl groups excluding tert-OH is 1. The Morgan fingerprint density at radius 3 is 2.21 bits per heavy atom. The zero-order valence-corrected chi connectivity index (χ0v) is 20.3. The van der Waals surface area contributed by atoms with Crippen LogP contribution in [0.5, 0.6) is 5.75 Å². The molecule has 1 aliphatic rings. The van der Waals surface area contributed by atoms with E-state index in [2.05, 4.69) is 49.9 Å². The fourth-order valence-electron chi connectivity index (χ4n) is 4.58. The van der Waals surface area contributed by atoms with Gasteiger partial charge in [-0.3, -0.25) is 4.79 Å². The minimum Gasteiger partial charge on any atom is -0.491 e. The van der Waals surface area contributed by atoms with Crippen LogP contribution in [-0.4, -0.2) is 37.3 Å². The van der Waals surface area contributed by atoms with Gasteiger partial charge in [-0.2, -0.15) is 0 Å². The Hall–Kier alpha value is -3.31. The molecule has 1 aliphatic heterocycles. The predicted octanol–water partition coefficient (Wildman–Crippen LogP) is 5.39. The SMILES string of the molecule is CC(C)(C)c1cc(-c2cc(-c3ccc(C(N)=O)cc3)ccc2OCCO)ccc1N1CCCC1. The van der Waals surface area contributed by atoms with Crippen LogP contribution in [0.15, 0.2) is 60.7 Å². The van der Waals surface area contributed by atoms with E-state index >= 15 is 0 Å². The third kappa shape index (κ3) is 5.10. The van der Waals surface area contributed by atoms with Crippen LogP contribution in [-0.2, 0) is 5.41 Å². The van der Waals surface area contributed by atoms with Crippen LogP contribution in [0, 0.1) is 0 Å². The van der Waals surface area contributed by atoms with Crippen LogP contribution in [0.1, 0.15) is 49.5 Å². The van der Waals surface area contributed by atoms with Gasteiger partial charge in [0.05, 0.1) is 6.61 Å². The third-order valence-corrected chi connectivity index (χ3v) is 6.39. The summed E-state index contributed by atoms with van der Waals surface area (Å²) in [7, 11) is 0. The minimum absolute atomic E-state index is 0.0117. The number of anilines is 1. The van der Waals surface area contributed by atoms with Crippen LogP contribution in [0.2, 0.25) is 0 Å². The lowest BCUT2D eigenvalue weighted by Crippen LogP contribution is -2.23. The van der Waals surface area contributed by atoms with Crippen molar-refractivity contribution in [2.75, 3.05) is 31.2 Å². The molecule has 1 fully saturated rings. The summed E-state index contributed by atoms with van der Waals surface area (Å²) in [5, 5.41) is 9.33. The van der Waals surface area contributed by atoms with Crippen molar-refractivity contribution in [2.45, 2.75) is 39.0 Å². The molecule has 0 bridgehead atoms. The van der Waals surface area contributed by atoms with E-state index in [1.165, 1.54) is 24.1 Å². The molecule has 0 radical (unpaired) electrons. The number of hydrogen-bond donors (Lipinski definition) is 2. The van der Waals surface area contributed by atoms with Crippen LogP contribution in [0.3, 0.4) is 0 Å². The number of carbonyl (C=O) groups is 1. The van der Waals surface area contributed by atoms with Gasteiger partial charge in [0, 0.05) is 29.9 Å². The first kappa shape index (κ1) is 23.8. The molecule has 178 valence electrons. The van der Waals surface area contributed by atoms with Crippen LogP contribution in [0.25, 0.3) is 22.3 Å². The normalized spacial score (nSPS) is 13.8. The summed E-state index contributed by atoms with van der Waals surface area (Å²) in [6, 6.07) is 20.1. The van der Waals surface area contributed by atoms with E-state index in [-0.39, 0.29) is 18.6 Å². The van der Waals surface area contributed by atoms with Crippen LogP contribution < -0.4 is 15.4 Å². The Kier molecular flexibility index (Phi) is 6.94. The Morgan fingerprint density at radius 2 is 1.59 bits per heavy atom. The Labute approximate surface area is 202 Å². The van der Waals surface area contributed by atoms with Gasteiger partial charge in [0.25, 0.3) is 0 Å². The van der Waals surface area contributed by atoms with Gasteiger partial charge >= 0.3 is 0 Å². The van der Waals surface area contributed by atoms with E-state index in [1.54, 1.807) is 12.1 Å². The van der Waals surface area contributed by atoms with Crippen molar-refractivity contribution in [3.05, 3.63) is 71.8 Å². The summed E-state index contributed by atoms with van der Waals surface area (Å²) >= 11 is 0. The maximum absolute atomic E-state index is 11.5. The highest BCUT2D eigenvalue weighted by Crippen LogP contribution is 2.40. The average Bonchev–Trinajstić information content (AvgIpc) is 3.37. The summed E-state index contributed by atoms with van der Waals surface area (Å²) in [5.74, 6) is 0.299. The molecule has 4 rings (SSSR count). The van der Waals surface area contributed by atoms with Gasteiger partial charge in [-0.1, -0.05) is 45.0 Å². The number of benzene rings is 3. The highest BCUT2D eigenvalue weighted by molar-refractivity contribution is 5.93. The number of hydrogen-bond acceptors (Lipinski definition) is 4. The number of carbonyl (C=O) groups excluding carboxylic acids is 1. The molecular formula is C29H34N2O3. The lowest BCUT2D eigenvalue weighted by molar-refractivity contribution is 0.100. The molecule has 0 unspecified atom stereocenters. The number of nitrogens with zero attached hydrogens (tertiary/aromatic N) is 1. The zero-order valence-electron chi connectivity index (χ0n) is 20.3. The van der Waals surface area contributed by atoms with Crippen LogP contribution >= 0.6 is 0 Å². The van der Waals surface area contributed by atoms with E-state index in [1.807, 2.05) is 24.3 Å². The number of aliphatic hydroxyl groups is 1. The molecule has 1 amide bonds. The molecule has 0 saturated carbocycles. The highest BCUT2D eigenvalue weighted by Gasteiger charge is 2.24. The predicted molar refractivity (Wildman–Crippen MR) is 139 cm³/mol. The van der Waals surface area contributed by atoms with Crippen molar-refractivity contribution in [2.24, 2.45) is 5.73 Å². The molecule has 5 nitrogen and oxygen atoms in total. The van der Waals surface area contributed by atoms with Crippen LogP contribution in [0.4, 0.5) is 5.69 Å². The van der Waals surface area contributed by atoms with E-state index in [9.17, 15) is 9.90 Å². The monoisotopic (exact) mass is 458 g/mol. The lowest BCUT2D eigenvalue weighted by Gasteiger charge is -2.29. The summed E-state index contributed by atoms with van der Waals surface area (Å²) < 4.78 is 5.92. The minimum atomic E-state index is -0.437. The molecule has 0 aromatic heterocycles. The van der Waals surface area contributed by atoms with Crippen molar-refractivity contribution >= 4 is 11.6 Å². The number of amides is 1. The maximum atomic E-state index is 11.5. The molecule has 3 aromatic carbocycles. The molecule has 3 aromatic rings. The topological polar surface area (TPSA) is 75.8 Å². The third-order valence-electron chi connectivity index (χ3n) is 6.39. The zero-order chi connectivity index (χ0) is 24.3. The number of primary amides is 1. The molecule has 0 atom stereocenters. The van der Waals surface area contributed by atoms with Gasteiger partial charge in [0.2, 0.25) is 5.91 Å². The van der Waals surface area contributed by atoms with Gasteiger partial charge < -0.3 is 20.5 Å². The molecule has 5 heteroatoms. The summed E-state index contributed by atoms with van der Waals surface area (Å²) in [6.45, 7) is 9.16. The van der Waals surface area contributed by atoms with E-state index in [0.29, 0.717) is 5.56 Å². The van der Waals surface area contributed by atoms with E-state index in [0.717, 1.165) is 41.1 Å². The first-order valence-corrected chi connectivity index (χ1v) is 12.0. The number of rotatable bonds is 7.